The first-order valence-electron chi connectivity index (χ1n) is 8.32. The number of nitrogens with zero attached hydrogens (tertiary/aromatic N) is 1. The summed E-state index contributed by atoms with van der Waals surface area (Å²) in [5, 5.41) is 17.7. The Kier molecular flexibility index (Phi) is 6.28. The van der Waals surface area contributed by atoms with Gasteiger partial charge in [0.25, 0.3) is 0 Å². The van der Waals surface area contributed by atoms with Crippen LogP contribution in [0.25, 0.3) is 0 Å². The second-order valence-electron chi connectivity index (χ2n) is 7.87. The largest absolute Gasteiger partial charge is 0.507 e. The van der Waals surface area contributed by atoms with Crippen LogP contribution in [-0.4, -0.2) is 60.3 Å². The van der Waals surface area contributed by atoms with E-state index < -0.39 is 51.1 Å². The Bertz CT molecular complexity index is 547. The third-order valence-electron chi connectivity index (χ3n) is 5.69. The van der Waals surface area contributed by atoms with Crippen molar-refractivity contribution in [3.05, 3.63) is 0 Å². The summed E-state index contributed by atoms with van der Waals surface area (Å²) >= 11 is 0. The topological polar surface area (TPSA) is 113 Å². The molecule has 9 heteroatoms. The number of hydrogen-bond acceptors (Lipinski definition) is 5. The molecule has 1 saturated heterocycles. The number of β-lactam (4-membered cyclic amide) rings is 1. The van der Waals surface area contributed by atoms with Crippen LogP contribution in [0, 0.1) is 11.8 Å². The van der Waals surface area contributed by atoms with Crippen molar-refractivity contribution in [1.29, 1.82) is 0 Å². The van der Waals surface area contributed by atoms with E-state index in [2.05, 4.69) is 40.8 Å². The SMILES string of the molecule is CC(C)C(C)(C)[Si](C)(C)O[C@H](C)[C@@H]1C(=O)N(CC(=O)O)[C@H]1OC(=O)O. The van der Waals surface area contributed by atoms with Crippen LogP contribution < -0.4 is 0 Å². The molecule has 25 heavy (non-hydrogen) atoms. The highest BCUT2D eigenvalue weighted by Gasteiger charge is 2.55. The minimum absolute atomic E-state index is 0.0715. The molecule has 0 saturated carbocycles. The molecule has 0 bridgehead atoms. The highest BCUT2D eigenvalue weighted by atomic mass is 28.4. The van der Waals surface area contributed by atoms with Gasteiger partial charge >= 0.3 is 12.1 Å². The number of carbonyl (C=O) groups excluding carboxylic acids is 1. The maximum absolute atomic E-state index is 12.3. The van der Waals surface area contributed by atoms with Crippen LogP contribution in [0.2, 0.25) is 18.1 Å². The van der Waals surface area contributed by atoms with Crippen molar-refractivity contribution in [2.75, 3.05) is 6.54 Å². The maximum atomic E-state index is 12.3. The van der Waals surface area contributed by atoms with E-state index >= 15 is 0 Å². The summed E-state index contributed by atoms with van der Waals surface area (Å²) < 4.78 is 11.0. The summed E-state index contributed by atoms with van der Waals surface area (Å²) in [4.78, 5) is 35.0. The van der Waals surface area contributed by atoms with E-state index in [1.807, 2.05) is 0 Å². The van der Waals surface area contributed by atoms with Crippen LogP contribution in [0.4, 0.5) is 4.79 Å². The summed E-state index contributed by atoms with van der Waals surface area (Å²) in [6.07, 6.45) is -3.26. The van der Waals surface area contributed by atoms with Crippen molar-refractivity contribution < 1.29 is 33.8 Å². The zero-order valence-corrected chi connectivity index (χ0v) is 16.9. The zero-order valence-electron chi connectivity index (χ0n) is 15.9. The lowest BCUT2D eigenvalue weighted by molar-refractivity contribution is -0.197. The predicted octanol–water partition coefficient (Wildman–Crippen LogP) is 2.60. The Hall–Kier alpha value is -1.61. The van der Waals surface area contributed by atoms with Gasteiger partial charge in [-0.15, -0.1) is 0 Å². The van der Waals surface area contributed by atoms with E-state index in [1.54, 1.807) is 6.92 Å². The molecule has 0 spiro atoms. The molecule has 2 N–H and O–H groups in total. The van der Waals surface area contributed by atoms with Crippen molar-refractivity contribution in [2.24, 2.45) is 11.8 Å². The second-order valence-corrected chi connectivity index (χ2v) is 12.4. The van der Waals surface area contributed by atoms with Gasteiger partial charge in [-0.1, -0.05) is 27.7 Å². The Balaban J connectivity index is 2.95. The van der Waals surface area contributed by atoms with E-state index in [4.69, 9.17) is 19.4 Å². The van der Waals surface area contributed by atoms with Crippen LogP contribution in [0.3, 0.4) is 0 Å². The Morgan fingerprint density at radius 1 is 1.24 bits per heavy atom. The van der Waals surface area contributed by atoms with Crippen LogP contribution in [0.15, 0.2) is 0 Å². The number of rotatable bonds is 8. The number of ether oxygens (including phenoxy) is 1. The molecule has 8 nitrogen and oxygen atoms in total. The number of amides is 1. The summed E-state index contributed by atoms with van der Waals surface area (Å²) in [6, 6.07) is 0. The molecule has 1 heterocycles. The quantitative estimate of drug-likeness (QED) is 0.381. The minimum Gasteiger partial charge on any atom is -0.480 e. The predicted molar refractivity (Wildman–Crippen MR) is 92.6 cm³/mol. The molecular formula is C16H29NO7Si. The highest BCUT2D eigenvalue weighted by molar-refractivity contribution is 6.74. The van der Waals surface area contributed by atoms with E-state index in [1.165, 1.54) is 0 Å². The number of likely N-dealkylation sites (tertiary alicyclic amines) is 1. The summed E-state index contributed by atoms with van der Waals surface area (Å²) in [5.74, 6) is -2.15. The van der Waals surface area contributed by atoms with Gasteiger partial charge in [-0.05, 0) is 31.0 Å². The zero-order chi connectivity index (χ0) is 19.7. The average molecular weight is 375 g/mol. The van der Waals surface area contributed by atoms with Gasteiger partial charge in [-0.3, -0.25) is 14.5 Å². The van der Waals surface area contributed by atoms with Gasteiger partial charge in [0, 0.05) is 0 Å². The molecule has 1 rings (SSSR count). The van der Waals surface area contributed by atoms with E-state index in [0.29, 0.717) is 5.92 Å². The van der Waals surface area contributed by atoms with Crippen LogP contribution in [0.1, 0.15) is 34.6 Å². The molecule has 1 aliphatic rings. The van der Waals surface area contributed by atoms with Crippen molar-refractivity contribution in [1.82, 2.24) is 4.90 Å². The van der Waals surface area contributed by atoms with E-state index in [-0.39, 0.29) is 5.04 Å². The lowest BCUT2D eigenvalue weighted by Crippen LogP contribution is -2.67. The maximum Gasteiger partial charge on any atom is 0.507 e. The molecule has 0 radical (unpaired) electrons. The minimum atomic E-state index is -2.25. The Labute approximate surface area is 149 Å². The monoisotopic (exact) mass is 375 g/mol. The molecule has 0 aromatic heterocycles. The fourth-order valence-corrected chi connectivity index (χ4v) is 5.69. The van der Waals surface area contributed by atoms with Gasteiger partial charge in [0.2, 0.25) is 5.91 Å². The molecule has 0 aromatic carbocycles. The highest BCUT2D eigenvalue weighted by Crippen LogP contribution is 2.46. The number of carbonyl (C=O) groups is 3. The standard InChI is InChI=1S/C16H29NO7Si/c1-9(2)16(4,5)25(6,7)24-10(3)12-13(20)17(8-11(18)19)14(12)23-15(21)22/h9-10,12,14H,8H2,1-7H3,(H,18,19)(H,21,22)/t10-,12-,14+/m1/s1. The first kappa shape index (κ1) is 21.4. The van der Waals surface area contributed by atoms with Crippen LogP contribution in [-0.2, 0) is 18.8 Å². The van der Waals surface area contributed by atoms with Gasteiger partial charge < -0.3 is 19.4 Å². The smallest absolute Gasteiger partial charge is 0.480 e. The van der Waals surface area contributed by atoms with Crippen molar-refractivity contribution in [3.63, 3.8) is 0 Å². The van der Waals surface area contributed by atoms with Crippen molar-refractivity contribution in [3.8, 4) is 0 Å². The normalized spacial score (nSPS) is 22.6. The lowest BCUT2D eigenvalue weighted by Gasteiger charge is -2.50. The molecular weight excluding hydrogens is 346 g/mol. The van der Waals surface area contributed by atoms with Gasteiger partial charge in [0.05, 0.1) is 6.10 Å². The Morgan fingerprint density at radius 3 is 2.16 bits per heavy atom. The van der Waals surface area contributed by atoms with Gasteiger partial charge in [-0.25, -0.2) is 4.79 Å². The van der Waals surface area contributed by atoms with Crippen molar-refractivity contribution >= 4 is 26.3 Å². The fraction of sp³-hybridized carbons (Fsp3) is 0.812. The van der Waals surface area contributed by atoms with Gasteiger partial charge in [0.15, 0.2) is 14.5 Å². The van der Waals surface area contributed by atoms with Gasteiger partial charge in [0.1, 0.15) is 12.5 Å². The molecule has 0 unspecified atom stereocenters. The summed E-state index contributed by atoms with van der Waals surface area (Å²) in [7, 11) is -2.25. The average Bonchev–Trinajstić information content (AvgIpc) is 2.42. The first-order valence-corrected chi connectivity index (χ1v) is 11.2. The van der Waals surface area contributed by atoms with Crippen LogP contribution in [0.5, 0.6) is 0 Å². The summed E-state index contributed by atoms with van der Waals surface area (Å²) in [6.45, 7) is 13.7. The van der Waals surface area contributed by atoms with Gasteiger partial charge in [-0.2, -0.15) is 0 Å². The fourth-order valence-electron chi connectivity index (χ4n) is 2.92. The number of aliphatic carboxylic acids is 1. The molecule has 1 fully saturated rings. The lowest BCUT2D eigenvalue weighted by atomic mass is 9.90. The number of carboxylic acids is 1. The molecule has 0 aromatic rings. The van der Waals surface area contributed by atoms with E-state index in [9.17, 15) is 14.4 Å². The molecule has 144 valence electrons. The third kappa shape index (κ3) is 4.32. The van der Waals surface area contributed by atoms with Crippen LogP contribution >= 0.6 is 0 Å². The molecule has 1 aliphatic heterocycles. The third-order valence-corrected chi connectivity index (χ3v) is 10.3. The molecule has 1 amide bonds. The number of carboxylic acid groups (broad SMARTS) is 2. The van der Waals surface area contributed by atoms with Crippen molar-refractivity contribution in [2.45, 2.75) is 65.1 Å². The molecule has 3 atom stereocenters. The first-order chi connectivity index (χ1) is 11.2. The Morgan fingerprint density at radius 2 is 1.76 bits per heavy atom. The molecule has 0 aliphatic carbocycles. The number of hydrogen-bond donors (Lipinski definition) is 2. The second kappa shape index (κ2) is 7.33. The van der Waals surface area contributed by atoms with E-state index in [0.717, 1.165) is 4.90 Å². The summed E-state index contributed by atoms with van der Waals surface area (Å²) in [5.41, 5.74) is 0.